The van der Waals surface area contributed by atoms with Crippen molar-refractivity contribution in [3.05, 3.63) is 95.3 Å². The molecule has 0 aliphatic heterocycles. The lowest BCUT2D eigenvalue weighted by molar-refractivity contribution is -0.113. The molecule has 0 atom stereocenters. The third kappa shape index (κ3) is 6.17. The van der Waals surface area contributed by atoms with E-state index >= 15 is 0 Å². The number of hydrogen-bond acceptors (Lipinski definition) is 5. The maximum Gasteiger partial charge on any atom is 0.270 e. The number of nitrogens with zero attached hydrogens (tertiary/aromatic N) is 1. The first-order valence-electron chi connectivity index (χ1n) is 9.34. The molecule has 3 aromatic carbocycles. The summed E-state index contributed by atoms with van der Waals surface area (Å²) in [4.78, 5) is 37.4. The van der Waals surface area contributed by atoms with Crippen LogP contribution < -0.4 is 16.2 Å². The Bertz CT molecular complexity index is 1190. The van der Waals surface area contributed by atoms with Gasteiger partial charge in [-0.2, -0.15) is 5.26 Å². The Hall–Kier alpha value is -4.16. The molecular formula is C23H17FN4O3S. The molecule has 0 aliphatic carbocycles. The van der Waals surface area contributed by atoms with E-state index in [1.165, 1.54) is 12.1 Å². The van der Waals surface area contributed by atoms with Gasteiger partial charge in [0.15, 0.2) is 0 Å². The predicted molar refractivity (Wildman–Crippen MR) is 118 cm³/mol. The first-order chi connectivity index (χ1) is 15.5. The fourth-order valence-electron chi connectivity index (χ4n) is 2.64. The van der Waals surface area contributed by atoms with Crippen molar-refractivity contribution in [1.82, 2.24) is 10.9 Å². The van der Waals surface area contributed by atoms with Gasteiger partial charge >= 0.3 is 0 Å². The Morgan fingerprint density at radius 3 is 2.38 bits per heavy atom. The van der Waals surface area contributed by atoms with E-state index in [2.05, 4.69) is 16.2 Å². The Kier molecular flexibility index (Phi) is 7.56. The molecule has 3 rings (SSSR count). The lowest BCUT2D eigenvalue weighted by Gasteiger charge is -2.11. The summed E-state index contributed by atoms with van der Waals surface area (Å²) in [7, 11) is 0. The van der Waals surface area contributed by atoms with Crippen molar-refractivity contribution in [2.75, 3.05) is 11.1 Å². The number of benzene rings is 3. The lowest BCUT2D eigenvalue weighted by Crippen LogP contribution is -2.41. The zero-order valence-corrected chi connectivity index (χ0v) is 17.4. The molecule has 160 valence electrons. The predicted octanol–water partition coefficient (Wildman–Crippen LogP) is 3.50. The van der Waals surface area contributed by atoms with Crippen LogP contribution in [0, 0.1) is 17.1 Å². The van der Waals surface area contributed by atoms with Gasteiger partial charge < -0.3 is 5.32 Å². The highest BCUT2D eigenvalue weighted by molar-refractivity contribution is 8.00. The standard InChI is InChI=1S/C23H17FN4O3S/c24-17-10-8-16(9-11-17)22(30)27-28-23(31)19-6-1-2-7-20(19)32-14-21(29)26-18-5-3-4-15(12-18)13-25/h1-12H,14H2,(H,26,29)(H,27,30)(H,28,31). The monoisotopic (exact) mass is 448 g/mol. The van der Waals surface area contributed by atoms with Crippen molar-refractivity contribution < 1.29 is 18.8 Å². The Morgan fingerprint density at radius 1 is 0.906 bits per heavy atom. The van der Waals surface area contributed by atoms with Crippen LogP contribution in [0.3, 0.4) is 0 Å². The number of nitrogens with one attached hydrogen (secondary N) is 3. The van der Waals surface area contributed by atoms with E-state index in [1.54, 1.807) is 48.5 Å². The molecule has 0 spiro atoms. The number of amides is 3. The van der Waals surface area contributed by atoms with Crippen LogP contribution in [0.25, 0.3) is 0 Å². The van der Waals surface area contributed by atoms with Crippen LogP contribution in [0.5, 0.6) is 0 Å². The first kappa shape index (κ1) is 22.5. The van der Waals surface area contributed by atoms with Crippen molar-refractivity contribution in [1.29, 1.82) is 5.26 Å². The highest BCUT2D eigenvalue weighted by Gasteiger charge is 2.14. The number of hydrogen-bond donors (Lipinski definition) is 3. The maximum atomic E-state index is 13.0. The van der Waals surface area contributed by atoms with Crippen LogP contribution in [0.1, 0.15) is 26.3 Å². The van der Waals surface area contributed by atoms with Crippen LogP contribution in [0.4, 0.5) is 10.1 Å². The number of anilines is 1. The van der Waals surface area contributed by atoms with E-state index in [1.807, 2.05) is 6.07 Å². The zero-order valence-electron chi connectivity index (χ0n) is 16.6. The van der Waals surface area contributed by atoms with Crippen LogP contribution >= 0.6 is 11.8 Å². The molecule has 9 heteroatoms. The highest BCUT2D eigenvalue weighted by Crippen LogP contribution is 2.23. The SMILES string of the molecule is N#Cc1cccc(NC(=O)CSc2ccccc2C(=O)NNC(=O)c2ccc(F)cc2)c1. The highest BCUT2D eigenvalue weighted by atomic mass is 32.2. The van der Waals surface area contributed by atoms with Crippen LogP contribution in [-0.4, -0.2) is 23.5 Å². The molecule has 0 saturated carbocycles. The average molecular weight is 448 g/mol. The van der Waals surface area contributed by atoms with Gasteiger partial charge in [-0.3, -0.25) is 25.2 Å². The van der Waals surface area contributed by atoms with Gasteiger partial charge in [0.05, 0.1) is 22.9 Å². The summed E-state index contributed by atoms with van der Waals surface area (Å²) in [5.41, 5.74) is 5.99. The van der Waals surface area contributed by atoms with Gasteiger partial charge in [-0.15, -0.1) is 11.8 Å². The maximum absolute atomic E-state index is 13.0. The number of halogens is 1. The van der Waals surface area contributed by atoms with Crippen molar-refractivity contribution in [2.24, 2.45) is 0 Å². The van der Waals surface area contributed by atoms with Crippen molar-refractivity contribution >= 4 is 35.2 Å². The normalized spacial score (nSPS) is 10.0. The third-order valence-corrected chi connectivity index (χ3v) is 5.24. The summed E-state index contributed by atoms with van der Waals surface area (Å²) in [6.45, 7) is 0. The third-order valence-electron chi connectivity index (χ3n) is 4.16. The average Bonchev–Trinajstić information content (AvgIpc) is 2.81. The fourth-order valence-corrected chi connectivity index (χ4v) is 3.49. The molecule has 0 unspecified atom stereocenters. The fraction of sp³-hybridized carbons (Fsp3) is 0.0435. The van der Waals surface area contributed by atoms with Gasteiger partial charge in [0.2, 0.25) is 5.91 Å². The van der Waals surface area contributed by atoms with Crippen molar-refractivity contribution in [2.45, 2.75) is 4.90 Å². The molecule has 0 saturated heterocycles. The van der Waals surface area contributed by atoms with E-state index in [4.69, 9.17) is 5.26 Å². The van der Waals surface area contributed by atoms with Gasteiger partial charge in [-0.25, -0.2) is 4.39 Å². The molecule has 0 heterocycles. The van der Waals surface area contributed by atoms with Gasteiger partial charge in [-0.1, -0.05) is 18.2 Å². The molecule has 0 radical (unpaired) electrons. The summed E-state index contributed by atoms with van der Waals surface area (Å²) in [5, 5.41) is 11.6. The molecule has 0 fully saturated rings. The molecule has 3 aromatic rings. The Balaban J connectivity index is 1.58. The minimum Gasteiger partial charge on any atom is -0.325 e. The molecule has 3 N–H and O–H groups in total. The second-order valence-corrected chi connectivity index (χ2v) is 7.46. The smallest absolute Gasteiger partial charge is 0.270 e. The summed E-state index contributed by atoms with van der Waals surface area (Å²) in [6, 6.07) is 20.1. The molecular weight excluding hydrogens is 431 g/mol. The summed E-state index contributed by atoms with van der Waals surface area (Å²) in [6.07, 6.45) is 0. The van der Waals surface area contributed by atoms with Gasteiger partial charge in [0.1, 0.15) is 5.82 Å². The van der Waals surface area contributed by atoms with Gasteiger partial charge in [-0.05, 0) is 54.6 Å². The number of thioether (sulfide) groups is 1. The van der Waals surface area contributed by atoms with E-state index in [-0.39, 0.29) is 22.8 Å². The Labute approximate surface area is 187 Å². The summed E-state index contributed by atoms with van der Waals surface area (Å²) in [5.74, 6) is -1.90. The quantitative estimate of drug-likeness (QED) is 0.395. The largest absolute Gasteiger partial charge is 0.325 e. The molecule has 0 aromatic heterocycles. The second kappa shape index (κ2) is 10.7. The van der Waals surface area contributed by atoms with Crippen LogP contribution in [0.15, 0.2) is 77.7 Å². The van der Waals surface area contributed by atoms with E-state index in [0.29, 0.717) is 16.1 Å². The molecule has 7 nitrogen and oxygen atoms in total. The van der Waals surface area contributed by atoms with Crippen LogP contribution in [0.2, 0.25) is 0 Å². The summed E-state index contributed by atoms with van der Waals surface area (Å²) < 4.78 is 13.0. The van der Waals surface area contributed by atoms with Gasteiger partial charge in [0, 0.05) is 16.1 Å². The number of nitriles is 1. The van der Waals surface area contributed by atoms with Crippen LogP contribution in [-0.2, 0) is 4.79 Å². The molecule has 0 aliphatic rings. The Morgan fingerprint density at radius 2 is 1.62 bits per heavy atom. The molecule has 0 bridgehead atoms. The lowest BCUT2D eigenvalue weighted by atomic mass is 10.2. The van der Waals surface area contributed by atoms with E-state index in [0.717, 1.165) is 23.9 Å². The second-order valence-electron chi connectivity index (χ2n) is 6.44. The zero-order chi connectivity index (χ0) is 22.9. The van der Waals surface area contributed by atoms with Crippen molar-refractivity contribution in [3.8, 4) is 6.07 Å². The minimum absolute atomic E-state index is 0.0308. The number of rotatable bonds is 6. The molecule has 32 heavy (non-hydrogen) atoms. The molecule has 3 amide bonds. The van der Waals surface area contributed by atoms with E-state index in [9.17, 15) is 18.8 Å². The van der Waals surface area contributed by atoms with E-state index < -0.39 is 17.6 Å². The number of hydrazine groups is 1. The first-order valence-corrected chi connectivity index (χ1v) is 10.3. The van der Waals surface area contributed by atoms with Crippen molar-refractivity contribution in [3.63, 3.8) is 0 Å². The topological polar surface area (TPSA) is 111 Å². The minimum atomic E-state index is -0.595. The summed E-state index contributed by atoms with van der Waals surface area (Å²) >= 11 is 1.15. The van der Waals surface area contributed by atoms with Gasteiger partial charge in [0.25, 0.3) is 11.8 Å². The number of carbonyl (C=O) groups excluding carboxylic acids is 3. The number of carbonyl (C=O) groups is 3.